The summed E-state index contributed by atoms with van der Waals surface area (Å²) in [5.74, 6) is 0.720. The molecular formula is C16H24Cl2N2. The van der Waals surface area contributed by atoms with Crippen LogP contribution in [0.5, 0.6) is 0 Å². The van der Waals surface area contributed by atoms with Crippen LogP contribution in [0.1, 0.15) is 32.8 Å². The molecule has 20 heavy (non-hydrogen) atoms. The molecule has 0 radical (unpaired) electrons. The van der Waals surface area contributed by atoms with Gasteiger partial charge in [0.15, 0.2) is 0 Å². The summed E-state index contributed by atoms with van der Waals surface area (Å²) >= 11 is 12.4. The first-order chi connectivity index (χ1) is 9.47. The molecule has 1 aromatic carbocycles. The first kappa shape index (κ1) is 16.1. The molecule has 2 rings (SSSR count). The SMILES string of the molecule is CC(C)CC1CN(Cc2cccc(Cl)c2Cl)C(C)CN1. The third-order valence-corrected chi connectivity index (χ3v) is 4.80. The highest BCUT2D eigenvalue weighted by atomic mass is 35.5. The van der Waals surface area contributed by atoms with Crippen LogP contribution in [0.3, 0.4) is 0 Å². The quantitative estimate of drug-likeness (QED) is 0.896. The van der Waals surface area contributed by atoms with Crippen molar-refractivity contribution in [2.45, 2.75) is 45.8 Å². The van der Waals surface area contributed by atoms with E-state index in [-0.39, 0.29) is 0 Å². The third kappa shape index (κ3) is 4.11. The number of hydrogen-bond donors (Lipinski definition) is 1. The molecule has 1 N–H and O–H groups in total. The fourth-order valence-electron chi connectivity index (χ4n) is 2.83. The van der Waals surface area contributed by atoms with Crippen molar-refractivity contribution < 1.29 is 0 Å². The van der Waals surface area contributed by atoms with E-state index in [9.17, 15) is 0 Å². The molecule has 0 bridgehead atoms. The summed E-state index contributed by atoms with van der Waals surface area (Å²) in [5, 5.41) is 4.98. The van der Waals surface area contributed by atoms with Crippen molar-refractivity contribution >= 4 is 23.2 Å². The Morgan fingerprint density at radius 3 is 2.80 bits per heavy atom. The molecule has 1 saturated heterocycles. The molecule has 0 spiro atoms. The lowest BCUT2D eigenvalue weighted by Crippen LogP contribution is -2.55. The Balaban J connectivity index is 2.04. The highest BCUT2D eigenvalue weighted by molar-refractivity contribution is 6.42. The van der Waals surface area contributed by atoms with Crippen molar-refractivity contribution in [3.05, 3.63) is 33.8 Å². The van der Waals surface area contributed by atoms with Crippen LogP contribution in [0.2, 0.25) is 10.0 Å². The van der Waals surface area contributed by atoms with Gasteiger partial charge < -0.3 is 5.32 Å². The van der Waals surface area contributed by atoms with Gasteiger partial charge in [0.1, 0.15) is 0 Å². The number of rotatable bonds is 4. The maximum absolute atomic E-state index is 6.31. The van der Waals surface area contributed by atoms with Gasteiger partial charge in [0.25, 0.3) is 0 Å². The molecular weight excluding hydrogens is 291 g/mol. The standard InChI is InChI=1S/C16H24Cl2N2/c1-11(2)7-14-10-20(12(3)8-19-14)9-13-5-4-6-15(17)16(13)18/h4-6,11-12,14,19H,7-10H2,1-3H3. The topological polar surface area (TPSA) is 15.3 Å². The summed E-state index contributed by atoms with van der Waals surface area (Å²) in [5.41, 5.74) is 1.12. The summed E-state index contributed by atoms with van der Waals surface area (Å²) in [6.07, 6.45) is 1.21. The first-order valence-corrected chi connectivity index (χ1v) is 8.13. The van der Waals surface area contributed by atoms with E-state index in [0.717, 1.165) is 31.1 Å². The number of nitrogens with zero attached hydrogens (tertiary/aromatic N) is 1. The van der Waals surface area contributed by atoms with Crippen molar-refractivity contribution in [3.8, 4) is 0 Å². The van der Waals surface area contributed by atoms with E-state index < -0.39 is 0 Å². The van der Waals surface area contributed by atoms with Crippen LogP contribution in [0.25, 0.3) is 0 Å². The zero-order valence-electron chi connectivity index (χ0n) is 12.5. The maximum Gasteiger partial charge on any atom is 0.0637 e. The third-order valence-electron chi connectivity index (χ3n) is 3.94. The number of hydrogen-bond acceptors (Lipinski definition) is 2. The van der Waals surface area contributed by atoms with Crippen LogP contribution < -0.4 is 5.32 Å². The average molecular weight is 315 g/mol. The Hall–Kier alpha value is -0.280. The average Bonchev–Trinajstić information content (AvgIpc) is 2.38. The molecule has 2 unspecified atom stereocenters. The van der Waals surface area contributed by atoms with Crippen LogP contribution in [0.4, 0.5) is 0 Å². The molecule has 0 amide bonds. The van der Waals surface area contributed by atoms with Crippen LogP contribution in [0, 0.1) is 5.92 Å². The van der Waals surface area contributed by atoms with E-state index >= 15 is 0 Å². The van der Waals surface area contributed by atoms with Crippen LogP contribution in [0.15, 0.2) is 18.2 Å². The fraction of sp³-hybridized carbons (Fsp3) is 0.625. The molecule has 1 aliphatic heterocycles. The first-order valence-electron chi connectivity index (χ1n) is 7.37. The molecule has 0 aliphatic carbocycles. The minimum absolute atomic E-state index is 0.522. The molecule has 1 aromatic rings. The van der Waals surface area contributed by atoms with Gasteiger partial charge in [-0.1, -0.05) is 49.2 Å². The number of halogens is 2. The van der Waals surface area contributed by atoms with Gasteiger partial charge in [-0.25, -0.2) is 0 Å². The van der Waals surface area contributed by atoms with Crippen molar-refractivity contribution in [1.82, 2.24) is 10.2 Å². The molecule has 1 fully saturated rings. The van der Waals surface area contributed by atoms with Gasteiger partial charge in [0.2, 0.25) is 0 Å². The predicted molar refractivity (Wildman–Crippen MR) is 87.6 cm³/mol. The van der Waals surface area contributed by atoms with Crippen molar-refractivity contribution in [3.63, 3.8) is 0 Å². The van der Waals surface area contributed by atoms with Crippen LogP contribution >= 0.6 is 23.2 Å². The van der Waals surface area contributed by atoms with E-state index in [0.29, 0.717) is 22.1 Å². The zero-order chi connectivity index (χ0) is 14.7. The summed E-state index contributed by atoms with van der Waals surface area (Å²) in [6, 6.07) is 6.98. The minimum atomic E-state index is 0.522. The van der Waals surface area contributed by atoms with Crippen LogP contribution in [-0.4, -0.2) is 30.1 Å². The summed E-state index contributed by atoms with van der Waals surface area (Å²) < 4.78 is 0. The van der Waals surface area contributed by atoms with E-state index in [2.05, 4.69) is 37.1 Å². The van der Waals surface area contributed by atoms with Gasteiger partial charge in [-0.05, 0) is 30.9 Å². The Labute approximate surface area is 132 Å². The Morgan fingerprint density at radius 2 is 2.10 bits per heavy atom. The van der Waals surface area contributed by atoms with Gasteiger partial charge in [-0.15, -0.1) is 0 Å². The van der Waals surface area contributed by atoms with Crippen molar-refractivity contribution in [2.24, 2.45) is 5.92 Å². The highest BCUT2D eigenvalue weighted by Crippen LogP contribution is 2.27. The molecule has 2 atom stereocenters. The second kappa shape index (κ2) is 7.13. The van der Waals surface area contributed by atoms with E-state index in [4.69, 9.17) is 23.2 Å². The Kier molecular flexibility index (Phi) is 5.74. The van der Waals surface area contributed by atoms with E-state index in [1.54, 1.807) is 0 Å². The highest BCUT2D eigenvalue weighted by Gasteiger charge is 2.25. The monoisotopic (exact) mass is 314 g/mol. The smallest absolute Gasteiger partial charge is 0.0637 e. The van der Waals surface area contributed by atoms with Gasteiger partial charge in [0, 0.05) is 31.7 Å². The second-order valence-corrected chi connectivity index (χ2v) is 7.01. The molecule has 1 heterocycles. The molecule has 0 aromatic heterocycles. The molecule has 112 valence electrons. The number of benzene rings is 1. The number of piperazine rings is 1. The maximum atomic E-state index is 6.31. The Morgan fingerprint density at radius 1 is 1.35 bits per heavy atom. The van der Waals surface area contributed by atoms with Gasteiger partial charge in [-0.2, -0.15) is 0 Å². The van der Waals surface area contributed by atoms with Gasteiger partial charge in [-0.3, -0.25) is 4.90 Å². The summed E-state index contributed by atoms with van der Waals surface area (Å²) in [6.45, 7) is 9.79. The lowest BCUT2D eigenvalue weighted by molar-refractivity contribution is 0.125. The summed E-state index contributed by atoms with van der Waals surface area (Å²) in [7, 11) is 0. The van der Waals surface area contributed by atoms with E-state index in [1.807, 2.05) is 12.1 Å². The normalized spacial score (nSPS) is 24.3. The van der Waals surface area contributed by atoms with E-state index in [1.165, 1.54) is 6.42 Å². The van der Waals surface area contributed by atoms with Gasteiger partial charge in [0.05, 0.1) is 10.0 Å². The molecule has 2 nitrogen and oxygen atoms in total. The minimum Gasteiger partial charge on any atom is -0.311 e. The molecule has 1 aliphatic rings. The largest absolute Gasteiger partial charge is 0.311 e. The number of nitrogens with one attached hydrogen (secondary N) is 1. The molecule has 4 heteroatoms. The lowest BCUT2D eigenvalue weighted by Gasteiger charge is -2.39. The summed E-state index contributed by atoms with van der Waals surface area (Å²) in [4.78, 5) is 2.50. The Bertz CT molecular complexity index is 448. The van der Waals surface area contributed by atoms with Gasteiger partial charge >= 0.3 is 0 Å². The van der Waals surface area contributed by atoms with Crippen molar-refractivity contribution in [2.75, 3.05) is 13.1 Å². The lowest BCUT2D eigenvalue weighted by atomic mass is 9.99. The van der Waals surface area contributed by atoms with Crippen LogP contribution in [-0.2, 0) is 6.54 Å². The molecule has 0 saturated carbocycles. The fourth-order valence-corrected chi connectivity index (χ4v) is 3.21. The van der Waals surface area contributed by atoms with Crippen molar-refractivity contribution in [1.29, 1.82) is 0 Å². The predicted octanol–water partition coefficient (Wildman–Crippen LogP) is 4.20. The zero-order valence-corrected chi connectivity index (χ0v) is 14.0. The second-order valence-electron chi connectivity index (χ2n) is 6.23.